The number of rotatable bonds is 8. The lowest BCUT2D eigenvalue weighted by molar-refractivity contribution is 0.417. The standard InChI is InChI=1S/C28H30N6O3S2/c1-18-15-22(19(2)33(18)17-20-10-13-29-14-11-20)27-26(24-7-5-6-12-30-24)31-28(38)34(27)21-8-9-23(25(16-21)37-3)32-39(4,35)36/h5-16,26-27,32H,17H2,1-4H3,(H,31,38)/t26-,27+/m0/s1. The molecular formula is C28H30N6O3S2. The third-order valence-corrected chi connectivity index (χ3v) is 7.78. The molecule has 0 unspecified atom stereocenters. The SMILES string of the molecule is COc1cc(N2C(=S)N[C@@H](c3ccccn3)[C@H]2c2cc(C)n(Cc3ccncc3)c2C)ccc1NS(C)(=O)=O. The molecule has 0 amide bonds. The van der Waals surface area contributed by atoms with Crippen LogP contribution in [0.15, 0.2) is 73.2 Å². The third kappa shape index (κ3) is 5.45. The first-order valence-electron chi connectivity index (χ1n) is 12.4. The van der Waals surface area contributed by atoms with E-state index in [0.29, 0.717) is 16.5 Å². The van der Waals surface area contributed by atoms with Crippen LogP contribution in [0.4, 0.5) is 11.4 Å². The predicted molar refractivity (Wildman–Crippen MR) is 157 cm³/mol. The van der Waals surface area contributed by atoms with Gasteiger partial charge in [0.25, 0.3) is 0 Å². The van der Waals surface area contributed by atoms with Crippen LogP contribution in [0, 0.1) is 13.8 Å². The molecule has 3 aromatic heterocycles. The Hall–Kier alpha value is -3.96. The van der Waals surface area contributed by atoms with E-state index in [2.05, 4.69) is 49.4 Å². The van der Waals surface area contributed by atoms with Gasteiger partial charge >= 0.3 is 0 Å². The molecule has 202 valence electrons. The summed E-state index contributed by atoms with van der Waals surface area (Å²) in [6, 6.07) is 17.0. The summed E-state index contributed by atoms with van der Waals surface area (Å²) in [4.78, 5) is 10.8. The molecule has 1 aliphatic rings. The van der Waals surface area contributed by atoms with Gasteiger partial charge in [0.2, 0.25) is 10.0 Å². The van der Waals surface area contributed by atoms with Gasteiger partial charge in [-0.3, -0.25) is 14.7 Å². The van der Waals surface area contributed by atoms with Gasteiger partial charge in [-0.05, 0) is 79.7 Å². The Morgan fingerprint density at radius 1 is 1.08 bits per heavy atom. The largest absolute Gasteiger partial charge is 0.494 e. The van der Waals surface area contributed by atoms with Crippen LogP contribution in [0.2, 0.25) is 0 Å². The lowest BCUT2D eigenvalue weighted by atomic mass is 9.96. The normalized spacial score (nSPS) is 17.2. The van der Waals surface area contributed by atoms with Crippen LogP contribution in [0.5, 0.6) is 5.75 Å². The topological polar surface area (TPSA) is 101 Å². The van der Waals surface area contributed by atoms with Crippen LogP contribution in [0.3, 0.4) is 0 Å². The second-order valence-corrected chi connectivity index (χ2v) is 11.7. The number of benzene rings is 1. The van der Waals surface area contributed by atoms with Crippen molar-refractivity contribution in [2.75, 3.05) is 23.0 Å². The number of hydrogen-bond donors (Lipinski definition) is 2. The van der Waals surface area contributed by atoms with Crippen molar-refractivity contribution in [1.82, 2.24) is 19.9 Å². The Labute approximate surface area is 233 Å². The molecule has 1 aliphatic heterocycles. The Morgan fingerprint density at radius 2 is 1.85 bits per heavy atom. The van der Waals surface area contributed by atoms with Crippen LogP contribution in [0.25, 0.3) is 0 Å². The molecule has 0 bridgehead atoms. The fourth-order valence-corrected chi connectivity index (χ4v) is 6.02. The molecule has 0 radical (unpaired) electrons. The average Bonchev–Trinajstić information content (AvgIpc) is 3.40. The maximum Gasteiger partial charge on any atom is 0.229 e. The van der Waals surface area contributed by atoms with E-state index in [4.69, 9.17) is 17.0 Å². The van der Waals surface area contributed by atoms with Crippen molar-refractivity contribution in [3.8, 4) is 5.75 Å². The average molecular weight is 563 g/mol. The van der Waals surface area contributed by atoms with Crippen molar-refractivity contribution in [2.45, 2.75) is 32.5 Å². The van der Waals surface area contributed by atoms with Gasteiger partial charge in [0, 0.05) is 48.3 Å². The quantitative estimate of drug-likeness (QED) is 0.303. The molecule has 4 aromatic rings. The van der Waals surface area contributed by atoms with E-state index in [1.54, 1.807) is 30.7 Å². The summed E-state index contributed by atoms with van der Waals surface area (Å²) in [5, 5.41) is 4.03. The summed E-state index contributed by atoms with van der Waals surface area (Å²) in [5.41, 5.74) is 6.52. The van der Waals surface area contributed by atoms with Crippen LogP contribution in [-0.4, -0.2) is 41.4 Å². The number of thiocarbonyl (C=S) groups is 1. The van der Waals surface area contributed by atoms with Gasteiger partial charge in [0.1, 0.15) is 5.75 Å². The number of aryl methyl sites for hydroxylation is 1. The highest BCUT2D eigenvalue weighted by molar-refractivity contribution is 7.92. The third-order valence-electron chi connectivity index (χ3n) is 6.88. The summed E-state index contributed by atoms with van der Waals surface area (Å²) in [6.07, 6.45) is 6.49. The maximum atomic E-state index is 11.9. The van der Waals surface area contributed by atoms with Gasteiger partial charge in [-0.2, -0.15) is 0 Å². The molecule has 11 heteroatoms. The second-order valence-electron chi connectivity index (χ2n) is 9.52. The Bertz CT molecular complexity index is 1610. The molecule has 2 N–H and O–H groups in total. The molecular weight excluding hydrogens is 532 g/mol. The second kappa shape index (κ2) is 10.7. The number of sulfonamides is 1. The summed E-state index contributed by atoms with van der Waals surface area (Å²) in [5.74, 6) is 0.393. The summed E-state index contributed by atoms with van der Waals surface area (Å²) < 4.78 is 34.1. The maximum absolute atomic E-state index is 11.9. The van der Waals surface area contributed by atoms with E-state index >= 15 is 0 Å². The fourth-order valence-electron chi connectivity index (χ4n) is 5.10. The molecule has 9 nitrogen and oxygen atoms in total. The highest BCUT2D eigenvalue weighted by Gasteiger charge is 2.42. The van der Waals surface area contributed by atoms with Crippen molar-refractivity contribution in [3.63, 3.8) is 0 Å². The van der Waals surface area contributed by atoms with E-state index in [1.165, 1.54) is 7.11 Å². The number of methoxy groups -OCH3 is 1. The smallest absolute Gasteiger partial charge is 0.229 e. The Morgan fingerprint density at radius 3 is 2.51 bits per heavy atom. The Balaban J connectivity index is 1.62. The molecule has 0 saturated carbocycles. The van der Waals surface area contributed by atoms with Crippen molar-refractivity contribution >= 4 is 38.7 Å². The van der Waals surface area contributed by atoms with E-state index in [-0.39, 0.29) is 12.1 Å². The van der Waals surface area contributed by atoms with Crippen molar-refractivity contribution in [3.05, 3.63) is 101 Å². The minimum atomic E-state index is -3.48. The van der Waals surface area contributed by atoms with Crippen LogP contribution in [-0.2, 0) is 16.6 Å². The molecule has 0 aliphatic carbocycles. The van der Waals surface area contributed by atoms with Gasteiger partial charge in [-0.15, -0.1) is 0 Å². The molecule has 1 saturated heterocycles. The fraction of sp³-hybridized carbons (Fsp3) is 0.250. The highest BCUT2D eigenvalue weighted by Crippen LogP contribution is 2.44. The summed E-state index contributed by atoms with van der Waals surface area (Å²) in [7, 11) is -1.97. The Kier molecular flexibility index (Phi) is 7.28. The van der Waals surface area contributed by atoms with Crippen LogP contribution in [0.1, 0.15) is 40.3 Å². The monoisotopic (exact) mass is 562 g/mol. The molecule has 39 heavy (non-hydrogen) atoms. The molecule has 1 fully saturated rings. The first kappa shape index (κ1) is 26.6. The minimum absolute atomic E-state index is 0.214. The molecule has 5 rings (SSSR count). The van der Waals surface area contributed by atoms with Gasteiger partial charge < -0.3 is 19.5 Å². The number of hydrogen-bond acceptors (Lipinski definition) is 6. The van der Waals surface area contributed by atoms with Crippen LogP contribution < -0.4 is 19.7 Å². The number of anilines is 2. The van der Waals surface area contributed by atoms with E-state index < -0.39 is 10.0 Å². The molecule has 1 aromatic carbocycles. The number of nitrogens with zero attached hydrogens (tertiary/aromatic N) is 4. The van der Waals surface area contributed by atoms with Crippen molar-refractivity contribution < 1.29 is 13.2 Å². The number of nitrogens with one attached hydrogen (secondary N) is 2. The highest BCUT2D eigenvalue weighted by atomic mass is 32.2. The molecule has 4 heterocycles. The van der Waals surface area contributed by atoms with E-state index in [1.807, 2.05) is 36.4 Å². The zero-order valence-corrected chi connectivity index (χ0v) is 23.8. The summed E-state index contributed by atoms with van der Waals surface area (Å²) in [6.45, 7) is 4.95. The summed E-state index contributed by atoms with van der Waals surface area (Å²) >= 11 is 5.89. The predicted octanol–water partition coefficient (Wildman–Crippen LogP) is 4.50. The van der Waals surface area contributed by atoms with Gasteiger partial charge in [0.15, 0.2) is 5.11 Å². The first-order valence-corrected chi connectivity index (χ1v) is 14.7. The van der Waals surface area contributed by atoms with Gasteiger partial charge in [-0.25, -0.2) is 8.42 Å². The van der Waals surface area contributed by atoms with Crippen molar-refractivity contribution in [2.24, 2.45) is 0 Å². The van der Waals surface area contributed by atoms with E-state index in [0.717, 1.165) is 46.7 Å². The first-order chi connectivity index (χ1) is 18.7. The van der Waals surface area contributed by atoms with Gasteiger partial charge in [0.05, 0.1) is 36.8 Å². The number of pyridine rings is 2. The lowest BCUT2D eigenvalue weighted by Crippen LogP contribution is -2.29. The van der Waals surface area contributed by atoms with Crippen LogP contribution >= 0.6 is 12.2 Å². The number of aromatic nitrogens is 3. The van der Waals surface area contributed by atoms with Crippen molar-refractivity contribution in [1.29, 1.82) is 0 Å². The van der Waals surface area contributed by atoms with E-state index in [9.17, 15) is 8.42 Å². The zero-order chi connectivity index (χ0) is 27.7. The lowest BCUT2D eigenvalue weighted by Gasteiger charge is -2.29. The minimum Gasteiger partial charge on any atom is -0.494 e. The zero-order valence-electron chi connectivity index (χ0n) is 22.1. The van der Waals surface area contributed by atoms with Gasteiger partial charge in [-0.1, -0.05) is 6.07 Å². The molecule has 2 atom stereocenters. The number of ether oxygens (including phenoxy) is 1. The molecule has 0 spiro atoms.